The van der Waals surface area contributed by atoms with Gasteiger partial charge in [0.25, 0.3) is 0 Å². The Morgan fingerprint density at radius 2 is 2.13 bits per heavy atom. The lowest BCUT2D eigenvalue weighted by molar-refractivity contribution is -0.139. The molecule has 4 rings (SSSR count). The summed E-state index contributed by atoms with van der Waals surface area (Å²) in [4.78, 5) is 15.5. The summed E-state index contributed by atoms with van der Waals surface area (Å²) in [5.41, 5.74) is 2.75. The van der Waals surface area contributed by atoms with Gasteiger partial charge >= 0.3 is 5.97 Å². The third kappa shape index (κ3) is 4.34. The fourth-order valence-electron chi connectivity index (χ4n) is 2.97. The molecule has 2 heterocycles. The molecule has 154 valence electrons. The van der Waals surface area contributed by atoms with Gasteiger partial charge in [-0.2, -0.15) is 4.98 Å². The number of anilines is 1. The fraction of sp³-hybridized carbons (Fsp3) is 0.200. The molecule has 2 N–H and O–H groups in total. The van der Waals surface area contributed by atoms with Crippen molar-refractivity contribution < 1.29 is 19.4 Å². The molecule has 0 saturated carbocycles. The van der Waals surface area contributed by atoms with Gasteiger partial charge in [-0.05, 0) is 30.0 Å². The SMILES string of the molecule is CCSc1nnc2c(n1)O[C@@H](c1cc(Br)ccc1OCC(=O)O)Nc1ccccc1-2. The number of fused-ring (bicyclic) bond motifs is 3. The highest BCUT2D eigenvalue weighted by molar-refractivity contribution is 9.10. The highest BCUT2D eigenvalue weighted by Crippen LogP contribution is 2.41. The quantitative estimate of drug-likeness (QED) is 0.488. The molecule has 0 fully saturated rings. The second kappa shape index (κ2) is 8.88. The van der Waals surface area contributed by atoms with Crippen molar-refractivity contribution in [2.24, 2.45) is 0 Å². The molecular formula is C20H17BrN4O4S. The Kier molecular flexibility index (Phi) is 6.05. The highest BCUT2D eigenvalue weighted by Gasteiger charge is 2.28. The minimum absolute atomic E-state index is 0.340. The molecule has 1 aliphatic rings. The number of carboxylic acids is 1. The number of hydrogen-bond acceptors (Lipinski definition) is 8. The summed E-state index contributed by atoms with van der Waals surface area (Å²) < 4.78 is 12.5. The number of nitrogens with one attached hydrogen (secondary N) is 1. The van der Waals surface area contributed by atoms with Crippen LogP contribution in [-0.2, 0) is 4.79 Å². The van der Waals surface area contributed by atoms with E-state index in [-0.39, 0.29) is 0 Å². The number of ether oxygens (including phenoxy) is 2. The number of carboxylic acid groups (broad SMARTS) is 1. The zero-order chi connectivity index (χ0) is 21.1. The molecule has 0 aliphatic carbocycles. The third-order valence-corrected chi connectivity index (χ3v) is 5.43. The van der Waals surface area contributed by atoms with E-state index in [2.05, 4.69) is 36.4 Å². The first-order chi connectivity index (χ1) is 14.5. The first kappa shape index (κ1) is 20.4. The Balaban J connectivity index is 1.80. The van der Waals surface area contributed by atoms with E-state index < -0.39 is 18.8 Å². The normalized spacial score (nSPS) is 14.5. The van der Waals surface area contributed by atoms with Gasteiger partial charge in [0.05, 0.1) is 5.56 Å². The monoisotopic (exact) mass is 488 g/mol. The molecule has 0 amide bonds. The maximum Gasteiger partial charge on any atom is 0.341 e. The molecule has 0 spiro atoms. The van der Waals surface area contributed by atoms with Crippen LogP contribution in [0.3, 0.4) is 0 Å². The zero-order valence-corrected chi connectivity index (χ0v) is 18.2. The first-order valence-electron chi connectivity index (χ1n) is 9.09. The van der Waals surface area contributed by atoms with Crippen LogP contribution >= 0.6 is 27.7 Å². The van der Waals surface area contributed by atoms with Gasteiger partial charge in [-0.3, -0.25) is 0 Å². The third-order valence-electron chi connectivity index (χ3n) is 4.21. The van der Waals surface area contributed by atoms with Crippen molar-refractivity contribution in [3.63, 3.8) is 0 Å². The van der Waals surface area contributed by atoms with Crippen molar-refractivity contribution in [2.75, 3.05) is 17.7 Å². The Bertz CT molecular complexity index is 1100. The maximum atomic E-state index is 11.0. The Morgan fingerprint density at radius 1 is 1.30 bits per heavy atom. The standard InChI is InChI=1S/C20H17BrN4O4S/c1-2-30-20-23-19-17(24-25-20)12-5-3-4-6-14(12)22-18(29-19)13-9-11(21)7-8-15(13)28-10-16(26)27/h3-9,18,22H,2,10H2,1H3,(H,26,27)/t18-/m0/s1. The molecule has 1 aromatic heterocycles. The molecule has 1 atom stereocenters. The largest absolute Gasteiger partial charge is 0.481 e. The van der Waals surface area contributed by atoms with Gasteiger partial charge in [0.15, 0.2) is 12.3 Å². The van der Waals surface area contributed by atoms with Gasteiger partial charge in [0.1, 0.15) is 5.75 Å². The molecule has 3 aromatic rings. The van der Waals surface area contributed by atoms with Crippen molar-refractivity contribution in [3.05, 3.63) is 52.5 Å². The minimum atomic E-state index is -1.06. The van der Waals surface area contributed by atoms with Crippen LogP contribution in [0.4, 0.5) is 5.69 Å². The van der Waals surface area contributed by atoms with Crippen molar-refractivity contribution in [3.8, 4) is 22.9 Å². The van der Waals surface area contributed by atoms with Gasteiger partial charge < -0.3 is 19.9 Å². The second-order valence-corrected chi connectivity index (χ2v) is 8.38. The Labute approximate surface area is 185 Å². The molecule has 0 radical (unpaired) electrons. The van der Waals surface area contributed by atoms with Crippen LogP contribution in [0.15, 0.2) is 52.1 Å². The van der Waals surface area contributed by atoms with E-state index in [0.29, 0.717) is 28.0 Å². The van der Waals surface area contributed by atoms with Gasteiger partial charge in [-0.15, -0.1) is 10.2 Å². The average molecular weight is 489 g/mol. The number of thioether (sulfide) groups is 1. The van der Waals surface area contributed by atoms with Gasteiger partial charge in [-0.1, -0.05) is 52.8 Å². The van der Waals surface area contributed by atoms with E-state index >= 15 is 0 Å². The van der Waals surface area contributed by atoms with E-state index in [1.807, 2.05) is 37.3 Å². The number of carbonyl (C=O) groups is 1. The predicted molar refractivity (Wildman–Crippen MR) is 116 cm³/mol. The first-order valence-corrected chi connectivity index (χ1v) is 10.9. The fourth-order valence-corrected chi connectivity index (χ4v) is 3.86. The van der Waals surface area contributed by atoms with E-state index in [4.69, 9.17) is 14.6 Å². The molecule has 0 unspecified atom stereocenters. The Morgan fingerprint density at radius 3 is 2.93 bits per heavy atom. The summed E-state index contributed by atoms with van der Waals surface area (Å²) in [6, 6.07) is 12.9. The van der Waals surface area contributed by atoms with E-state index in [9.17, 15) is 4.79 Å². The topological polar surface area (TPSA) is 106 Å². The summed E-state index contributed by atoms with van der Waals surface area (Å²) in [6.07, 6.45) is -0.690. The summed E-state index contributed by atoms with van der Waals surface area (Å²) in [6.45, 7) is 1.54. The van der Waals surface area contributed by atoms with Crippen LogP contribution in [-0.4, -0.2) is 38.6 Å². The van der Waals surface area contributed by atoms with E-state index in [0.717, 1.165) is 21.5 Å². The molecule has 2 aromatic carbocycles. The summed E-state index contributed by atoms with van der Waals surface area (Å²) in [5, 5.41) is 21.4. The van der Waals surface area contributed by atoms with Crippen molar-refractivity contribution in [1.29, 1.82) is 0 Å². The number of aromatic nitrogens is 3. The maximum absolute atomic E-state index is 11.0. The molecule has 30 heavy (non-hydrogen) atoms. The lowest BCUT2D eigenvalue weighted by atomic mass is 10.1. The molecule has 0 bridgehead atoms. The second-order valence-electron chi connectivity index (χ2n) is 6.23. The van der Waals surface area contributed by atoms with Gasteiger partial charge in [-0.25, -0.2) is 4.79 Å². The zero-order valence-electron chi connectivity index (χ0n) is 15.8. The lowest BCUT2D eigenvalue weighted by Crippen LogP contribution is -2.19. The highest BCUT2D eigenvalue weighted by atomic mass is 79.9. The lowest BCUT2D eigenvalue weighted by Gasteiger charge is -2.22. The Hall–Kier alpha value is -2.85. The van der Waals surface area contributed by atoms with Crippen LogP contribution in [0.1, 0.15) is 18.7 Å². The van der Waals surface area contributed by atoms with Gasteiger partial charge in [0, 0.05) is 15.7 Å². The van der Waals surface area contributed by atoms with E-state index in [1.165, 1.54) is 11.8 Å². The van der Waals surface area contributed by atoms with Crippen LogP contribution in [0.25, 0.3) is 11.3 Å². The van der Waals surface area contributed by atoms with Crippen molar-refractivity contribution >= 4 is 39.3 Å². The van der Waals surface area contributed by atoms with E-state index in [1.54, 1.807) is 12.1 Å². The van der Waals surface area contributed by atoms with Crippen molar-refractivity contribution in [2.45, 2.75) is 18.3 Å². The van der Waals surface area contributed by atoms with Gasteiger partial charge in [0.2, 0.25) is 17.3 Å². The summed E-state index contributed by atoms with van der Waals surface area (Å²) in [7, 11) is 0. The number of halogens is 1. The number of nitrogens with zero attached hydrogens (tertiary/aromatic N) is 3. The summed E-state index contributed by atoms with van der Waals surface area (Å²) in [5.74, 6) is 0.474. The molecule has 8 nitrogen and oxygen atoms in total. The van der Waals surface area contributed by atoms with Crippen LogP contribution in [0.5, 0.6) is 11.6 Å². The van der Waals surface area contributed by atoms with Crippen LogP contribution in [0.2, 0.25) is 0 Å². The predicted octanol–water partition coefficient (Wildman–Crippen LogP) is 4.38. The van der Waals surface area contributed by atoms with Crippen LogP contribution < -0.4 is 14.8 Å². The molecule has 10 heteroatoms. The molecular weight excluding hydrogens is 472 g/mol. The number of hydrogen-bond donors (Lipinski definition) is 2. The number of benzene rings is 2. The summed E-state index contributed by atoms with van der Waals surface area (Å²) >= 11 is 4.93. The smallest absolute Gasteiger partial charge is 0.341 e. The van der Waals surface area contributed by atoms with Crippen LogP contribution in [0, 0.1) is 0 Å². The minimum Gasteiger partial charge on any atom is -0.481 e. The molecule has 1 aliphatic heterocycles. The van der Waals surface area contributed by atoms with Crippen molar-refractivity contribution in [1.82, 2.24) is 15.2 Å². The number of aliphatic carboxylic acids is 1. The number of para-hydroxylation sites is 1. The average Bonchev–Trinajstić information content (AvgIpc) is 2.89. The number of rotatable bonds is 6. The molecule has 0 saturated heterocycles.